The maximum absolute atomic E-state index is 16.2. The molecule has 7 rings (SSSR count). The summed E-state index contributed by atoms with van der Waals surface area (Å²) >= 11 is 12.7. The number of amides is 2. The quantitative estimate of drug-likeness (QED) is 0.157. The van der Waals surface area contributed by atoms with Crippen LogP contribution in [-0.2, 0) is 19.9 Å². The molecule has 2 saturated heterocycles. The van der Waals surface area contributed by atoms with Gasteiger partial charge in [-0.05, 0) is 74.4 Å². The van der Waals surface area contributed by atoms with Crippen molar-refractivity contribution in [3.8, 4) is 0 Å². The van der Waals surface area contributed by atoms with E-state index in [4.69, 9.17) is 27.9 Å². The van der Waals surface area contributed by atoms with Crippen molar-refractivity contribution in [3.05, 3.63) is 96.8 Å². The molecule has 252 valence electrons. The number of piperidine rings is 1. The molecule has 4 aliphatic rings. The molecule has 0 radical (unpaired) electrons. The van der Waals surface area contributed by atoms with Gasteiger partial charge in [-0.2, -0.15) is 0 Å². The van der Waals surface area contributed by atoms with Crippen LogP contribution in [-0.4, -0.2) is 53.3 Å². The number of nitro groups is 1. The lowest BCUT2D eigenvalue weighted by molar-refractivity contribution is -0.384. The topological polar surface area (TPSA) is 122 Å². The number of anilines is 2. The number of hydrogen-bond acceptors (Lipinski definition) is 7. The van der Waals surface area contributed by atoms with Crippen molar-refractivity contribution < 1.29 is 28.4 Å². The zero-order valence-corrected chi connectivity index (χ0v) is 27.1. The molecule has 4 atom stereocenters. The smallest absolute Gasteiger partial charge is 0.338 e. The summed E-state index contributed by atoms with van der Waals surface area (Å²) in [6.07, 6.45) is 2.29. The van der Waals surface area contributed by atoms with Crippen LogP contribution in [0.5, 0.6) is 0 Å². The van der Waals surface area contributed by atoms with E-state index in [-0.39, 0.29) is 42.4 Å². The van der Waals surface area contributed by atoms with Crippen molar-refractivity contribution in [2.75, 3.05) is 29.9 Å². The molecule has 3 aromatic carbocycles. The highest BCUT2D eigenvalue weighted by molar-refractivity contribution is 6.31. The molecule has 3 aliphatic heterocycles. The van der Waals surface area contributed by atoms with Crippen molar-refractivity contribution >= 4 is 58.0 Å². The second kappa shape index (κ2) is 12.4. The normalized spacial score (nSPS) is 24.6. The summed E-state index contributed by atoms with van der Waals surface area (Å²) in [5, 5.41) is 15.6. The van der Waals surface area contributed by atoms with Crippen LogP contribution in [0.3, 0.4) is 0 Å². The van der Waals surface area contributed by atoms with E-state index < -0.39 is 57.6 Å². The van der Waals surface area contributed by atoms with Gasteiger partial charge in [0.05, 0.1) is 28.0 Å². The largest absolute Gasteiger partial charge is 0.462 e. The second-order valence-corrected chi connectivity index (χ2v) is 13.5. The number of esters is 1. The lowest BCUT2D eigenvalue weighted by atomic mass is 9.70. The van der Waals surface area contributed by atoms with E-state index >= 15 is 4.39 Å². The lowest BCUT2D eigenvalue weighted by Gasteiger charge is -2.40. The Morgan fingerprint density at radius 3 is 2.58 bits per heavy atom. The van der Waals surface area contributed by atoms with Crippen LogP contribution in [0.25, 0.3) is 0 Å². The van der Waals surface area contributed by atoms with Crippen molar-refractivity contribution in [1.29, 1.82) is 0 Å². The van der Waals surface area contributed by atoms with Gasteiger partial charge in [0.1, 0.15) is 17.0 Å². The van der Waals surface area contributed by atoms with Crippen LogP contribution < -0.4 is 10.2 Å². The molecule has 3 heterocycles. The van der Waals surface area contributed by atoms with Crippen molar-refractivity contribution in [3.63, 3.8) is 0 Å². The van der Waals surface area contributed by atoms with Gasteiger partial charge in [-0.3, -0.25) is 24.6 Å². The Labute approximate surface area is 287 Å². The van der Waals surface area contributed by atoms with Gasteiger partial charge >= 0.3 is 5.97 Å². The number of nitrogens with one attached hydrogen (secondary N) is 1. The minimum atomic E-state index is -1.48. The van der Waals surface area contributed by atoms with Gasteiger partial charge in [0.2, 0.25) is 11.8 Å². The van der Waals surface area contributed by atoms with Crippen molar-refractivity contribution in [2.45, 2.75) is 58.0 Å². The van der Waals surface area contributed by atoms with Crippen LogP contribution in [0.15, 0.2) is 48.5 Å². The first-order valence-corrected chi connectivity index (χ1v) is 16.3. The van der Waals surface area contributed by atoms with Crippen LogP contribution in [0.1, 0.15) is 66.6 Å². The number of carbonyl (C=O) groups excluding carboxylic acids is 3. The maximum Gasteiger partial charge on any atom is 0.338 e. The Morgan fingerprint density at radius 2 is 1.90 bits per heavy atom. The summed E-state index contributed by atoms with van der Waals surface area (Å²) < 4.78 is 21.3. The van der Waals surface area contributed by atoms with Crippen LogP contribution in [0, 0.1) is 34.7 Å². The van der Waals surface area contributed by atoms with Gasteiger partial charge in [-0.25, -0.2) is 9.18 Å². The number of nitrogens with zero attached hydrogens (tertiary/aromatic N) is 3. The Bertz CT molecular complexity index is 1870. The monoisotopic (exact) mass is 696 g/mol. The average molecular weight is 698 g/mol. The summed E-state index contributed by atoms with van der Waals surface area (Å²) in [6, 6.07) is 11.7. The van der Waals surface area contributed by atoms with E-state index in [1.54, 1.807) is 44.2 Å². The van der Waals surface area contributed by atoms with E-state index in [9.17, 15) is 24.5 Å². The number of carbonyl (C=O) groups is 3. The van der Waals surface area contributed by atoms with Gasteiger partial charge in [0.15, 0.2) is 0 Å². The van der Waals surface area contributed by atoms with Gasteiger partial charge in [-0.15, -0.1) is 0 Å². The van der Waals surface area contributed by atoms with Gasteiger partial charge in [0.25, 0.3) is 5.69 Å². The molecule has 2 amide bonds. The number of ether oxygens (including phenoxy) is 1. The molecule has 1 aliphatic carbocycles. The Kier molecular flexibility index (Phi) is 8.76. The summed E-state index contributed by atoms with van der Waals surface area (Å²) in [5.41, 5.74) is -0.283. The Hall–Kier alpha value is -4.06. The standard InChI is InChI=1S/C34H31Cl2FN4O6.CH4/c1-3-47-32(43)21-15-27(41(45)46)26(13-17(21)2)39-12-11-25-28(31(39)42)29(20-5-4-6-23(36)30(20)37)34(40(25)16-18-7-8-18)22-10-9-19(35)14-24(22)38-33(34)44;/h4-6,9-10,13-15,18,25,28-29H,3,7-8,11-12,16H2,1-2H3,(H,38,44);1H4/t25-,28+,29-,34+;/m0./s1. The number of fused-ring (bicyclic) bond motifs is 3. The number of aryl methyl sites for hydroxylation is 1. The third-order valence-electron chi connectivity index (χ3n) is 10.0. The van der Waals surface area contributed by atoms with Crippen LogP contribution in [0.2, 0.25) is 10.0 Å². The predicted molar refractivity (Wildman–Crippen MR) is 180 cm³/mol. The number of halogens is 3. The lowest BCUT2D eigenvalue weighted by Crippen LogP contribution is -2.54. The fourth-order valence-electron chi connectivity index (χ4n) is 7.94. The number of rotatable bonds is 7. The molecule has 1 N–H and O–H groups in total. The first kappa shape index (κ1) is 33.8. The molecule has 48 heavy (non-hydrogen) atoms. The minimum absolute atomic E-state index is 0. The van der Waals surface area contributed by atoms with Gasteiger partial charge < -0.3 is 15.0 Å². The molecule has 1 saturated carbocycles. The van der Waals surface area contributed by atoms with Crippen LogP contribution >= 0.6 is 23.2 Å². The highest BCUT2D eigenvalue weighted by Crippen LogP contribution is 2.62. The molecular formula is C35H35Cl2FN4O6. The highest BCUT2D eigenvalue weighted by atomic mass is 35.5. The first-order valence-electron chi connectivity index (χ1n) is 15.6. The summed E-state index contributed by atoms with van der Waals surface area (Å²) in [7, 11) is 0. The van der Waals surface area contributed by atoms with E-state index in [1.807, 2.05) is 0 Å². The molecule has 3 fully saturated rings. The number of benzene rings is 3. The van der Waals surface area contributed by atoms with E-state index in [2.05, 4.69) is 10.2 Å². The van der Waals surface area contributed by atoms with Crippen LogP contribution in [0.4, 0.5) is 21.5 Å². The Balaban J connectivity index is 0.00000401. The zero-order valence-electron chi connectivity index (χ0n) is 25.6. The third kappa shape index (κ3) is 5.05. The molecule has 13 heteroatoms. The SMILES string of the molecule is C.CCOC(=O)c1cc([N+](=O)[O-])c(N2CC[C@H]3[C@@H](C2=O)[C@H](c2cccc(Cl)c2F)[C@]2(C(=O)Nc4cc(Cl)ccc42)N3CC2CC2)cc1C. The zero-order chi connectivity index (χ0) is 33.4. The molecule has 10 nitrogen and oxygen atoms in total. The molecular weight excluding hydrogens is 662 g/mol. The molecule has 3 aromatic rings. The van der Waals surface area contributed by atoms with Gasteiger partial charge in [0, 0.05) is 47.4 Å². The molecule has 0 unspecified atom stereocenters. The second-order valence-electron chi connectivity index (χ2n) is 12.6. The predicted octanol–water partition coefficient (Wildman–Crippen LogP) is 7.24. The highest BCUT2D eigenvalue weighted by Gasteiger charge is 2.70. The number of nitro benzene ring substituents is 1. The third-order valence-corrected chi connectivity index (χ3v) is 10.6. The number of hydrogen-bond donors (Lipinski definition) is 1. The fourth-order valence-corrected chi connectivity index (χ4v) is 8.30. The molecule has 0 bridgehead atoms. The minimum Gasteiger partial charge on any atom is -0.462 e. The number of likely N-dealkylation sites (tertiary alicyclic amines) is 1. The van der Waals surface area contributed by atoms with Gasteiger partial charge in [-0.1, -0.05) is 48.8 Å². The average Bonchev–Trinajstić information content (AvgIpc) is 3.74. The summed E-state index contributed by atoms with van der Waals surface area (Å²) in [4.78, 5) is 57.2. The van der Waals surface area contributed by atoms with E-state index in [0.717, 1.165) is 18.9 Å². The summed E-state index contributed by atoms with van der Waals surface area (Å²) in [5.74, 6) is -4.04. The van der Waals surface area contributed by atoms with Crippen molar-refractivity contribution in [1.82, 2.24) is 4.90 Å². The maximum atomic E-state index is 16.2. The van der Waals surface area contributed by atoms with Crippen molar-refractivity contribution in [2.24, 2.45) is 11.8 Å². The molecule has 0 aromatic heterocycles. The summed E-state index contributed by atoms with van der Waals surface area (Å²) in [6.45, 7) is 3.96. The fraction of sp³-hybridized carbons (Fsp3) is 0.400. The Morgan fingerprint density at radius 1 is 1.15 bits per heavy atom. The molecule has 1 spiro atoms. The first-order chi connectivity index (χ1) is 22.5. The van der Waals surface area contributed by atoms with E-state index in [0.29, 0.717) is 40.7 Å². The van der Waals surface area contributed by atoms with E-state index in [1.165, 1.54) is 17.0 Å².